The van der Waals surface area contributed by atoms with Gasteiger partial charge in [-0.1, -0.05) is 376 Å². The zero-order chi connectivity index (χ0) is 64.2. The first-order valence-electron chi connectivity index (χ1n) is 33.7. The van der Waals surface area contributed by atoms with E-state index in [0.717, 1.165) is 0 Å². The molecule has 0 radical (unpaired) electrons. The highest BCUT2D eigenvalue weighted by atomic mass is 28.3. The highest BCUT2D eigenvalue weighted by Crippen LogP contribution is 2.51. The SMILES string of the molecule is c1ccc(-c2ccccc2-c2ccc3c(c2)[Si]2(c4cc(-c5ccccc5-c5ccccc5)ccc4-c4c(-c5ccccc5-c5ccccc5)cc(-c5ccccc5-c5ccccc5)cc42)c2cc(-c4ccccc4-c4ccccc4)cc(-c4ccccc4-c4ccccc4)c2-3)cc1. The molecule has 0 N–H and O–H groups in total. The van der Waals surface area contributed by atoms with Gasteiger partial charge in [0.05, 0.1) is 0 Å². The third kappa shape index (κ3) is 9.73. The number of fused-ring (bicyclic) bond motifs is 10. The molecule has 1 spiro atoms. The molecule has 16 aromatic rings. The van der Waals surface area contributed by atoms with Crippen LogP contribution in [0.4, 0.5) is 0 Å². The smallest absolute Gasteiger partial charge is 0.0622 e. The lowest BCUT2D eigenvalue weighted by atomic mass is 9.85. The molecule has 0 saturated heterocycles. The summed E-state index contributed by atoms with van der Waals surface area (Å²) >= 11 is 0. The largest absolute Gasteiger partial charge is 0.182 e. The highest BCUT2D eigenvalue weighted by Gasteiger charge is 2.56. The second-order valence-corrected chi connectivity index (χ2v) is 29.3. The molecule has 0 saturated carbocycles. The Labute approximate surface area is 569 Å². The van der Waals surface area contributed by atoms with Gasteiger partial charge in [-0.05, 0) is 189 Å². The Bertz CT molecular complexity index is 5300. The van der Waals surface area contributed by atoms with E-state index in [9.17, 15) is 0 Å². The van der Waals surface area contributed by atoms with E-state index in [1.807, 2.05) is 0 Å². The second-order valence-electron chi connectivity index (χ2n) is 25.6. The molecular formula is C96H64Si. The van der Waals surface area contributed by atoms with E-state index in [4.69, 9.17) is 0 Å². The molecule has 97 heavy (non-hydrogen) atoms. The fraction of sp³-hybridized carbons (Fsp3) is 0. The third-order valence-corrected chi connectivity index (χ3v) is 25.2. The van der Waals surface area contributed by atoms with Crippen molar-refractivity contribution in [1.29, 1.82) is 0 Å². The van der Waals surface area contributed by atoms with Crippen molar-refractivity contribution in [2.24, 2.45) is 0 Å². The van der Waals surface area contributed by atoms with Crippen molar-refractivity contribution in [2.45, 2.75) is 0 Å². The van der Waals surface area contributed by atoms with Gasteiger partial charge in [-0.2, -0.15) is 0 Å². The molecule has 16 aromatic carbocycles. The van der Waals surface area contributed by atoms with Crippen LogP contribution in [0, 0.1) is 0 Å². The van der Waals surface area contributed by atoms with Gasteiger partial charge in [-0.15, -0.1) is 0 Å². The second kappa shape index (κ2) is 24.3. The highest BCUT2D eigenvalue weighted by molar-refractivity contribution is 7.24. The van der Waals surface area contributed by atoms with E-state index in [1.165, 1.54) is 177 Å². The number of hydrogen-bond donors (Lipinski definition) is 0. The van der Waals surface area contributed by atoms with Gasteiger partial charge in [-0.25, -0.2) is 0 Å². The lowest BCUT2D eigenvalue weighted by molar-refractivity contribution is 1.56. The first-order valence-corrected chi connectivity index (χ1v) is 35.7. The van der Waals surface area contributed by atoms with Gasteiger partial charge >= 0.3 is 0 Å². The molecule has 0 nitrogen and oxygen atoms in total. The quantitative estimate of drug-likeness (QED) is 0.107. The van der Waals surface area contributed by atoms with E-state index in [1.54, 1.807) is 0 Å². The maximum absolute atomic E-state index is 3.72. The first-order chi connectivity index (χ1) is 48.2. The van der Waals surface area contributed by atoms with Crippen LogP contribution in [0.5, 0.6) is 0 Å². The molecule has 2 aliphatic rings. The Hall–Kier alpha value is -12.3. The molecule has 452 valence electrons. The van der Waals surface area contributed by atoms with Crippen molar-refractivity contribution in [2.75, 3.05) is 0 Å². The van der Waals surface area contributed by atoms with Crippen LogP contribution >= 0.6 is 0 Å². The van der Waals surface area contributed by atoms with Crippen molar-refractivity contribution in [3.8, 4) is 156 Å². The van der Waals surface area contributed by atoms with Crippen molar-refractivity contribution < 1.29 is 0 Å². The minimum Gasteiger partial charge on any atom is -0.0622 e. The van der Waals surface area contributed by atoms with E-state index in [2.05, 4.69) is 388 Å². The predicted molar refractivity (Wildman–Crippen MR) is 413 cm³/mol. The van der Waals surface area contributed by atoms with Gasteiger partial charge in [-0.3, -0.25) is 0 Å². The molecule has 0 unspecified atom stereocenters. The predicted octanol–water partition coefficient (Wildman–Crippen LogP) is 23.0. The number of rotatable bonds is 12. The summed E-state index contributed by atoms with van der Waals surface area (Å²) in [5.41, 5.74) is 33.9. The molecule has 2 aliphatic heterocycles. The van der Waals surface area contributed by atoms with Gasteiger partial charge in [0.25, 0.3) is 0 Å². The molecule has 0 amide bonds. The minimum atomic E-state index is -3.72. The lowest BCUT2D eigenvalue weighted by Gasteiger charge is -2.30. The Morgan fingerprint density at radius 2 is 0.309 bits per heavy atom. The van der Waals surface area contributed by atoms with Crippen LogP contribution in [-0.2, 0) is 0 Å². The zero-order valence-electron chi connectivity index (χ0n) is 53.5. The fourth-order valence-electron chi connectivity index (χ4n) is 16.1. The van der Waals surface area contributed by atoms with Gasteiger partial charge in [0.1, 0.15) is 0 Å². The van der Waals surface area contributed by atoms with Crippen LogP contribution in [0.2, 0.25) is 0 Å². The minimum absolute atomic E-state index is 1.18. The summed E-state index contributed by atoms with van der Waals surface area (Å²) in [5, 5.41) is 5.55. The molecule has 0 aromatic heterocycles. The monoisotopic (exact) mass is 1240 g/mol. The number of benzene rings is 16. The summed E-state index contributed by atoms with van der Waals surface area (Å²) < 4.78 is 0. The normalized spacial score (nSPS) is 12.2. The molecule has 1 heteroatoms. The summed E-state index contributed by atoms with van der Waals surface area (Å²) in [4.78, 5) is 0. The van der Waals surface area contributed by atoms with Crippen LogP contribution in [-0.4, -0.2) is 8.07 Å². The van der Waals surface area contributed by atoms with Gasteiger partial charge in [0, 0.05) is 0 Å². The average molecular weight is 1250 g/mol. The van der Waals surface area contributed by atoms with E-state index in [-0.39, 0.29) is 0 Å². The lowest BCUT2D eigenvalue weighted by Crippen LogP contribution is -2.71. The van der Waals surface area contributed by atoms with Crippen LogP contribution in [0.25, 0.3) is 156 Å². The van der Waals surface area contributed by atoms with E-state index >= 15 is 0 Å². The Morgan fingerprint density at radius 3 is 0.567 bits per heavy atom. The maximum Gasteiger partial charge on any atom is 0.182 e. The third-order valence-electron chi connectivity index (χ3n) is 20.4. The average Bonchev–Trinajstić information content (AvgIpc) is 1.50. The van der Waals surface area contributed by atoms with Crippen molar-refractivity contribution in [3.63, 3.8) is 0 Å². The summed E-state index contributed by atoms with van der Waals surface area (Å²) in [6.45, 7) is 0. The molecular weight excluding hydrogens is 1180 g/mol. The maximum atomic E-state index is 2.68. The number of hydrogen-bond acceptors (Lipinski definition) is 0. The van der Waals surface area contributed by atoms with Crippen LogP contribution in [0.15, 0.2) is 388 Å². The summed E-state index contributed by atoms with van der Waals surface area (Å²) in [5.74, 6) is 0. The topological polar surface area (TPSA) is 0 Å². The Balaban J connectivity index is 1.05. The molecule has 2 heterocycles. The molecule has 0 bridgehead atoms. The first kappa shape index (κ1) is 57.4. The van der Waals surface area contributed by atoms with Crippen LogP contribution in [0.3, 0.4) is 0 Å². The van der Waals surface area contributed by atoms with Crippen LogP contribution < -0.4 is 20.7 Å². The van der Waals surface area contributed by atoms with Gasteiger partial charge in [0.15, 0.2) is 8.07 Å². The Morgan fingerprint density at radius 1 is 0.113 bits per heavy atom. The fourth-order valence-corrected chi connectivity index (χ4v) is 21.9. The Kier molecular flexibility index (Phi) is 14.4. The van der Waals surface area contributed by atoms with Gasteiger partial charge in [0.2, 0.25) is 0 Å². The molecule has 0 fully saturated rings. The van der Waals surface area contributed by atoms with Crippen molar-refractivity contribution in [3.05, 3.63) is 388 Å². The summed E-state index contributed by atoms with van der Waals surface area (Å²) in [6, 6.07) is 146. The van der Waals surface area contributed by atoms with Crippen molar-refractivity contribution in [1.82, 2.24) is 0 Å². The molecule has 0 atom stereocenters. The van der Waals surface area contributed by atoms with E-state index < -0.39 is 8.07 Å². The zero-order valence-corrected chi connectivity index (χ0v) is 54.5. The van der Waals surface area contributed by atoms with E-state index in [0.29, 0.717) is 0 Å². The summed E-state index contributed by atoms with van der Waals surface area (Å²) in [7, 11) is -3.72. The standard InChI is InChI=1S/C96H64Si/c1-7-31-65(32-8-1)75-43-19-23-49-81(75)71-55-57-87-91(61-71)97(93-63-73(83-51-25-21-45-77(83)67-35-11-3-12-36-67)59-89(95(87)93)85-53-29-27-47-79(85)69-39-15-5-16-40-69)92-62-72(82-50-24-20-44-76(82)66-33-9-2-10-34-66)56-58-88(92)96-90(86-54-30-28-48-80(86)70-41-17-6-18-42-70)60-74(64-94(96)97)84-52-26-22-46-78(84)68-37-13-4-14-38-68/h1-64H. The van der Waals surface area contributed by atoms with Crippen molar-refractivity contribution >= 4 is 28.8 Å². The summed E-state index contributed by atoms with van der Waals surface area (Å²) in [6.07, 6.45) is 0. The molecule has 18 rings (SSSR count). The molecule has 0 aliphatic carbocycles. The van der Waals surface area contributed by atoms with Crippen LogP contribution in [0.1, 0.15) is 0 Å². The van der Waals surface area contributed by atoms with Gasteiger partial charge < -0.3 is 0 Å².